The van der Waals surface area contributed by atoms with E-state index in [9.17, 15) is 22.4 Å². The first-order valence-electron chi connectivity index (χ1n) is 6.79. The number of alkyl halides is 3. The van der Waals surface area contributed by atoms with Gasteiger partial charge in [0.05, 0.1) is 14.2 Å². The minimum Gasteiger partial charge on any atom is -0.496 e. The zero-order valence-electron chi connectivity index (χ0n) is 12.7. The molecule has 1 heterocycles. The molecule has 2 rings (SSSR count). The van der Waals surface area contributed by atoms with Crippen molar-refractivity contribution in [3.8, 4) is 5.75 Å². The molecule has 0 N–H and O–H groups in total. The molecule has 1 aromatic rings. The Morgan fingerprint density at radius 3 is 2.52 bits per heavy atom. The van der Waals surface area contributed by atoms with Crippen molar-refractivity contribution in [3.05, 3.63) is 29.6 Å². The average Bonchev–Trinajstić information content (AvgIpc) is 2.84. The van der Waals surface area contributed by atoms with Gasteiger partial charge in [0.15, 0.2) is 11.7 Å². The Balaban J connectivity index is 2.53. The van der Waals surface area contributed by atoms with E-state index in [1.165, 1.54) is 19.2 Å². The Hall–Kier alpha value is -1.83. The topological polar surface area (TPSA) is 44.8 Å². The quantitative estimate of drug-likeness (QED) is 0.628. The van der Waals surface area contributed by atoms with Crippen molar-refractivity contribution in [3.63, 3.8) is 0 Å². The molecule has 0 spiro atoms. The highest BCUT2D eigenvalue weighted by Crippen LogP contribution is 2.51. The summed E-state index contributed by atoms with van der Waals surface area (Å²) in [4.78, 5) is 11.8. The number of methoxy groups -OCH3 is 2. The van der Waals surface area contributed by atoms with Gasteiger partial charge >= 0.3 is 12.1 Å². The number of halogens is 4. The maximum atomic E-state index is 14.2. The van der Waals surface area contributed by atoms with Crippen LogP contribution in [0.1, 0.15) is 24.8 Å². The third kappa shape index (κ3) is 2.99. The van der Waals surface area contributed by atoms with Crippen LogP contribution in [0, 0.1) is 5.82 Å². The summed E-state index contributed by atoms with van der Waals surface area (Å²) in [6.45, 7) is 0.830. The van der Waals surface area contributed by atoms with E-state index in [1.807, 2.05) is 0 Å². The molecular weight excluding hydrogens is 320 g/mol. The first-order valence-corrected chi connectivity index (χ1v) is 6.79. The minimum atomic E-state index is -4.72. The second kappa shape index (κ2) is 5.99. The van der Waals surface area contributed by atoms with Gasteiger partial charge in [0.2, 0.25) is 0 Å². The lowest BCUT2D eigenvalue weighted by atomic mass is 9.86. The zero-order valence-corrected chi connectivity index (χ0v) is 12.7. The van der Waals surface area contributed by atoms with Gasteiger partial charge in [-0.3, -0.25) is 0 Å². The first kappa shape index (κ1) is 17.5. The average molecular weight is 336 g/mol. The summed E-state index contributed by atoms with van der Waals surface area (Å²) in [6, 6.07) is 3.87. The molecule has 4 nitrogen and oxygen atoms in total. The number of ether oxygens (including phenoxy) is 3. The van der Waals surface area contributed by atoms with Crippen LogP contribution in [-0.4, -0.2) is 38.1 Å². The zero-order chi connectivity index (χ0) is 17.4. The maximum absolute atomic E-state index is 14.2. The van der Waals surface area contributed by atoms with Crippen LogP contribution in [0.25, 0.3) is 0 Å². The summed E-state index contributed by atoms with van der Waals surface area (Å²) in [5.41, 5.74) is -2.71. The van der Waals surface area contributed by atoms with Crippen LogP contribution in [0.15, 0.2) is 18.2 Å². The van der Waals surface area contributed by atoms with E-state index >= 15 is 0 Å². The Kier molecular flexibility index (Phi) is 4.57. The molecule has 0 aromatic heterocycles. The summed E-state index contributed by atoms with van der Waals surface area (Å²) in [5, 5.41) is 0. The second-order valence-electron chi connectivity index (χ2n) is 5.46. The summed E-state index contributed by atoms with van der Waals surface area (Å²) < 4.78 is 68.5. The largest absolute Gasteiger partial charge is 0.496 e. The summed E-state index contributed by atoms with van der Waals surface area (Å²) >= 11 is 0. The smallest absolute Gasteiger partial charge is 0.417 e. The van der Waals surface area contributed by atoms with Crippen LogP contribution in [0.4, 0.5) is 17.6 Å². The molecule has 23 heavy (non-hydrogen) atoms. The Morgan fingerprint density at radius 2 is 2.00 bits per heavy atom. The van der Waals surface area contributed by atoms with Gasteiger partial charge in [-0.1, -0.05) is 6.07 Å². The van der Waals surface area contributed by atoms with Crippen LogP contribution in [0.3, 0.4) is 0 Å². The monoisotopic (exact) mass is 336 g/mol. The third-order valence-corrected chi connectivity index (χ3v) is 4.00. The fourth-order valence-electron chi connectivity index (χ4n) is 2.76. The number of carbonyl (C=O) groups excluding carboxylic acids is 1. The van der Waals surface area contributed by atoms with Crippen LogP contribution >= 0.6 is 0 Å². The molecule has 1 aliphatic heterocycles. The van der Waals surface area contributed by atoms with E-state index in [4.69, 9.17) is 9.47 Å². The van der Waals surface area contributed by atoms with Crippen molar-refractivity contribution >= 4 is 5.97 Å². The van der Waals surface area contributed by atoms with Crippen molar-refractivity contribution < 1.29 is 36.6 Å². The van der Waals surface area contributed by atoms with E-state index in [-0.39, 0.29) is 11.3 Å². The Labute approximate surface area is 130 Å². The lowest BCUT2D eigenvalue weighted by molar-refractivity contribution is -0.264. The van der Waals surface area contributed by atoms with Gasteiger partial charge < -0.3 is 14.2 Å². The van der Waals surface area contributed by atoms with Gasteiger partial charge in [0.1, 0.15) is 11.6 Å². The number of hydrogen-bond acceptors (Lipinski definition) is 4. The highest BCUT2D eigenvalue weighted by Gasteiger charge is 2.62. The van der Waals surface area contributed by atoms with Crippen molar-refractivity contribution in [2.75, 3.05) is 14.2 Å². The van der Waals surface area contributed by atoms with Crippen molar-refractivity contribution in [1.82, 2.24) is 0 Å². The number of esters is 1. The summed E-state index contributed by atoms with van der Waals surface area (Å²) in [7, 11) is 2.30. The number of rotatable bonds is 3. The van der Waals surface area contributed by atoms with E-state index in [2.05, 4.69) is 4.74 Å². The SMILES string of the molecule is COC(=O)C1OC(C)(C(F)(F)F)CC1c1c(F)cccc1OC. The second-order valence-corrected chi connectivity index (χ2v) is 5.46. The van der Waals surface area contributed by atoms with E-state index < -0.39 is 42.0 Å². The van der Waals surface area contributed by atoms with Gasteiger partial charge in [0.25, 0.3) is 0 Å². The van der Waals surface area contributed by atoms with Crippen LogP contribution in [0.2, 0.25) is 0 Å². The lowest BCUT2D eigenvalue weighted by Gasteiger charge is -2.26. The number of benzene rings is 1. The molecule has 3 atom stereocenters. The standard InChI is InChI=1S/C15H16F4O4/c1-14(15(17,18)19)7-8(12(23-14)13(20)22-3)11-9(16)5-4-6-10(11)21-2/h4-6,8,12H,7H2,1-3H3. The molecule has 1 saturated heterocycles. The predicted molar refractivity (Wildman–Crippen MR) is 71.7 cm³/mol. The van der Waals surface area contributed by atoms with Crippen molar-refractivity contribution in [2.45, 2.75) is 37.1 Å². The molecule has 1 aromatic carbocycles. The van der Waals surface area contributed by atoms with Gasteiger partial charge in [-0.15, -0.1) is 0 Å². The third-order valence-electron chi connectivity index (χ3n) is 4.00. The predicted octanol–water partition coefficient (Wildman–Crippen LogP) is 3.20. The van der Waals surface area contributed by atoms with Gasteiger partial charge in [-0.2, -0.15) is 13.2 Å². The molecule has 128 valence electrons. The fourth-order valence-corrected chi connectivity index (χ4v) is 2.76. The van der Waals surface area contributed by atoms with Gasteiger partial charge in [-0.05, 0) is 25.5 Å². The molecule has 0 bridgehead atoms. The molecule has 1 aliphatic rings. The molecule has 0 amide bonds. The van der Waals surface area contributed by atoms with E-state index in [0.717, 1.165) is 20.1 Å². The lowest BCUT2D eigenvalue weighted by Crippen LogP contribution is -2.43. The molecule has 0 radical (unpaired) electrons. The van der Waals surface area contributed by atoms with Crippen LogP contribution in [0.5, 0.6) is 5.75 Å². The minimum absolute atomic E-state index is 0.0546. The van der Waals surface area contributed by atoms with Crippen LogP contribution < -0.4 is 4.74 Å². The fraction of sp³-hybridized carbons (Fsp3) is 0.533. The first-order chi connectivity index (χ1) is 10.6. The molecule has 0 saturated carbocycles. The van der Waals surface area contributed by atoms with Crippen molar-refractivity contribution in [1.29, 1.82) is 0 Å². The van der Waals surface area contributed by atoms with Crippen molar-refractivity contribution in [2.24, 2.45) is 0 Å². The Bertz CT molecular complexity index is 602. The van der Waals surface area contributed by atoms with Gasteiger partial charge in [0, 0.05) is 11.5 Å². The van der Waals surface area contributed by atoms with Crippen LogP contribution in [-0.2, 0) is 14.3 Å². The Morgan fingerprint density at radius 1 is 1.35 bits per heavy atom. The molecule has 1 fully saturated rings. The highest BCUT2D eigenvalue weighted by atomic mass is 19.4. The van der Waals surface area contributed by atoms with E-state index in [1.54, 1.807) is 0 Å². The number of hydrogen-bond donors (Lipinski definition) is 0. The molecule has 0 aliphatic carbocycles. The molecule has 3 unspecified atom stereocenters. The molecular formula is C15H16F4O4. The van der Waals surface area contributed by atoms with Gasteiger partial charge in [-0.25, -0.2) is 9.18 Å². The summed E-state index contributed by atoms with van der Waals surface area (Å²) in [6.07, 6.45) is -6.91. The normalized spacial score (nSPS) is 27.8. The summed E-state index contributed by atoms with van der Waals surface area (Å²) in [5.74, 6) is -2.88. The maximum Gasteiger partial charge on any atom is 0.417 e. The molecule has 8 heteroatoms. The van der Waals surface area contributed by atoms with E-state index in [0.29, 0.717) is 0 Å². The highest BCUT2D eigenvalue weighted by molar-refractivity contribution is 5.77. The number of carbonyl (C=O) groups is 1.